The maximum atomic E-state index is 12.4. The Kier molecular flexibility index (Phi) is 4.32. The van der Waals surface area contributed by atoms with Gasteiger partial charge in [0.25, 0.3) is 5.91 Å². The summed E-state index contributed by atoms with van der Waals surface area (Å²) < 4.78 is 0.834. The van der Waals surface area contributed by atoms with E-state index < -0.39 is 11.3 Å². The van der Waals surface area contributed by atoms with Crippen LogP contribution in [0.4, 0.5) is 0 Å². The summed E-state index contributed by atoms with van der Waals surface area (Å²) in [6.45, 7) is 3.60. The minimum absolute atomic E-state index is 0.196. The van der Waals surface area contributed by atoms with Gasteiger partial charge < -0.3 is 11.1 Å². The van der Waals surface area contributed by atoms with Crippen molar-refractivity contribution < 1.29 is 9.59 Å². The minimum Gasteiger partial charge on any atom is -0.369 e. The Morgan fingerprint density at radius 3 is 2.57 bits per heavy atom. The third-order valence-corrected chi connectivity index (χ3v) is 3.89. The van der Waals surface area contributed by atoms with Crippen molar-refractivity contribution in [1.82, 2.24) is 5.32 Å². The van der Waals surface area contributed by atoms with Crippen LogP contribution in [0.3, 0.4) is 0 Å². The third-order valence-electron chi connectivity index (χ3n) is 3.43. The molecule has 110 valence electrons. The monoisotopic (exact) mass is 348 g/mol. The summed E-state index contributed by atoms with van der Waals surface area (Å²) in [6, 6.07) is 11.4. The number of hydrogen-bond donors (Lipinski definition) is 2. The number of primary amides is 1. The van der Waals surface area contributed by atoms with Crippen molar-refractivity contribution in [1.29, 1.82) is 0 Å². The number of hydrogen-bond acceptors (Lipinski definition) is 2. The lowest BCUT2D eigenvalue weighted by Gasteiger charge is -2.21. The summed E-state index contributed by atoms with van der Waals surface area (Å²) in [5.41, 5.74) is 5.10. The lowest BCUT2D eigenvalue weighted by Crippen LogP contribution is -2.42. The summed E-state index contributed by atoms with van der Waals surface area (Å²) in [5.74, 6) is -0.663. The van der Waals surface area contributed by atoms with Crippen molar-refractivity contribution in [3.8, 4) is 0 Å². The summed E-state index contributed by atoms with van der Waals surface area (Å²) in [4.78, 5) is 23.7. The smallest absolute Gasteiger partial charge is 0.251 e. The third kappa shape index (κ3) is 3.42. The molecule has 0 bridgehead atoms. The average molecular weight is 349 g/mol. The first-order valence-electron chi connectivity index (χ1n) is 6.58. The predicted molar refractivity (Wildman–Crippen MR) is 87.0 cm³/mol. The van der Waals surface area contributed by atoms with Crippen molar-refractivity contribution in [3.63, 3.8) is 0 Å². The van der Waals surface area contributed by atoms with Gasteiger partial charge in [0, 0.05) is 16.6 Å². The van der Waals surface area contributed by atoms with E-state index in [-0.39, 0.29) is 12.5 Å². The quantitative estimate of drug-likeness (QED) is 0.891. The van der Waals surface area contributed by atoms with Crippen molar-refractivity contribution in [2.75, 3.05) is 6.54 Å². The second-order valence-electron chi connectivity index (χ2n) is 5.61. The van der Waals surface area contributed by atoms with E-state index in [9.17, 15) is 9.59 Å². The lowest BCUT2D eigenvalue weighted by molar-refractivity contribution is -0.125. The summed E-state index contributed by atoms with van der Waals surface area (Å²) in [7, 11) is 0. The zero-order valence-electron chi connectivity index (χ0n) is 11.9. The molecule has 0 atom stereocenters. The van der Waals surface area contributed by atoms with Crippen molar-refractivity contribution in [2.24, 2.45) is 11.1 Å². The van der Waals surface area contributed by atoms with Crippen LogP contribution in [-0.2, 0) is 4.79 Å². The van der Waals surface area contributed by atoms with E-state index in [0.29, 0.717) is 5.56 Å². The molecule has 5 heteroatoms. The van der Waals surface area contributed by atoms with E-state index in [1.54, 1.807) is 19.9 Å². The van der Waals surface area contributed by atoms with E-state index in [4.69, 9.17) is 5.73 Å². The fraction of sp³-hybridized carbons (Fsp3) is 0.250. The number of carbonyl (C=O) groups excluding carboxylic acids is 2. The van der Waals surface area contributed by atoms with Crippen LogP contribution in [-0.4, -0.2) is 18.4 Å². The van der Waals surface area contributed by atoms with Crippen LogP contribution in [0.1, 0.15) is 24.2 Å². The molecule has 0 aliphatic heterocycles. The number of amides is 2. The van der Waals surface area contributed by atoms with Crippen LogP contribution in [0, 0.1) is 5.41 Å². The highest BCUT2D eigenvalue weighted by molar-refractivity contribution is 9.10. The zero-order chi connectivity index (χ0) is 15.6. The molecule has 0 aromatic heterocycles. The van der Waals surface area contributed by atoms with Gasteiger partial charge in [0.1, 0.15) is 0 Å². The lowest BCUT2D eigenvalue weighted by atomic mass is 9.92. The molecule has 3 N–H and O–H groups in total. The number of nitrogens with one attached hydrogen (secondary N) is 1. The highest BCUT2D eigenvalue weighted by Gasteiger charge is 2.26. The molecule has 21 heavy (non-hydrogen) atoms. The Balaban J connectivity index is 2.30. The van der Waals surface area contributed by atoms with Gasteiger partial charge >= 0.3 is 0 Å². The number of halogens is 1. The summed E-state index contributed by atoms with van der Waals surface area (Å²) >= 11 is 3.41. The van der Waals surface area contributed by atoms with Gasteiger partial charge in [-0.1, -0.05) is 40.2 Å². The molecule has 2 rings (SSSR count). The maximum absolute atomic E-state index is 12.4. The standard InChI is InChI=1S/C16H17BrN2O2/c1-16(2,15(18)21)9-19-14(20)13-8-11(17)7-10-5-3-4-6-12(10)13/h3-8H,9H2,1-2H3,(H2,18,21)(H,19,20). The van der Waals surface area contributed by atoms with Gasteiger partial charge in [-0.15, -0.1) is 0 Å². The average Bonchev–Trinajstić information content (AvgIpc) is 2.43. The SMILES string of the molecule is CC(C)(CNC(=O)c1cc(Br)cc2ccccc12)C(N)=O. The van der Waals surface area contributed by atoms with Crippen molar-refractivity contribution in [3.05, 3.63) is 46.4 Å². The maximum Gasteiger partial charge on any atom is 0.251 e. The van der Waals surface area contributed by atoms with Gasteiger partial charge in [0.15, 0.2) is 0 Å². The van der Waals surface area contributed by atoms with E-state index in [0.717, 1.165) is 15.2 Å². The number of benzene rings is 2. The van der Waals surface area contributed by atoms with Gasteiger partial charge in [0.2, 0.25) is 5.91 Å². The molecule has 0 spiro atoms. The van der Waals surface area contributed by atoms with Crippen LogP contribution in [0.15, 0.2) is 40.9 Å². The molecule has 0 fully saturated rings. The summed E-state index contributed by atoms with van der Waals surface area (Å²) in [6.07, 6.45) is 0. The first-order chi connectivity index (χ1) is 9.81. The van der Waals surface area contributed by atoms with E-state index in [1.165, 1.54) is 0 Å². The molecule has 0 aliphatic carbocycles. The van der Waals surface area contributed by atoms with Crippen molar-refractivity contribution >= 4 is 38.5 Å². The number of rotatable bonds is 4. The molecule has 0 saturated heterocycles. The zero-order valence-corrected chi connectivity index (χ0v) is 13.5. The number of fused-ring (bicyclic) bond motifs is 1. The molecule has 2 aromatic carbocycles. The first-order valence-corrected chi connectivity index (χ1v) is 7.37. The Morgan fingerprint density at radius 1 is 1.24 bits per heavy atom. The fourth-order valence-corrected chi connectivity index (χ4v) is 2.42. The summed E-state index contributed by atoms with van der Waals surface area (Å²) in [5, 5.41) is 4.63. The van der Waals surface area contributed by atoms with Gasteiger partial charge in [0.05, 0.1) is 5.41 Å². The Morgan fingerprint density at radius 2 is 1.90 bits per heavy atom. The van der Waals surface area contributed by atoms with Crippen molar-refractivity contribution in [2.45, 2.75) is 13.8 Å². The minimum atomic E-state index is -0.780. The highest BCUT2D eigenvalue weighted by atomic mass is 79.9. The van der Waals surface area contributed by atoms with Crippen LogP contribution < -0.4 is 11.1 Å². The Bertz CT molecular complexity index is 710. The van der Waals surface area contributed by atoms with Gasteiger partial charge in [-0.3, -0.25) is 9.59 Å². The van der Waals surface area contributed by atoms with Gasteiger partial charge in [-0.05, 0) is 36.8 Å². The van der Waals surface area contributed by atoms with Crippen LogP contribution >= 0.6 is 15.9 Å². The predicted octanol–water partition coefficient (Wildman–Crippen LogP) is 2.84. The Hall–Kier alpha value is -1.88. The molecular weight excluding hydrogens is 332 g/mol. The fourth-order valence-electron chi connectivity index (χ4n) is 1.95. The molecule has 4 nitrogen and oxygen atoms in total. The van der Waals surface area contributed by atoms with Gasteiger partial charge in [-0.25, -0.2) is 0 Å². The highest BCUT2D eigenvalue weighted by Crippen LogP contribution is 2.24. The van der Waals surface area contributed by atoms with Crippen LogP contribution in [0.2, 0.25) is 0 Å². The number of nitrogens with two attached hydrogens (primary N) is 1. The second-order valence-corrected chi connectivity index (χ2v) is 6.52. The second kappa shape index (κ2) is 5.85. The molecule has 0 aliphatic rings. The molecule has 0 radical (unpaired) electrons. The first kappa shape index (κ1) is 15.5. The van der Waals surface area contributed by atoms with E-state index in [2.05, 4.69) is 21.2 Å². The van der Waals surface area contributed by atoms with Crippen LogP contribution in [0.5, 0.6) is 0 Å². The molecular formula is C16H17BrN2O2. The Labute approximate surface area is 131 Å². The number of carbonyl (C=O) groups is 2. The van der Waals surface area contributed by atoms with E-state index in [1.807, 2.05) is 30.3 Å². The topological polar surface area (TPSA) is 72.2 Å². The molecule has 0 saturated carbocycles. The van der Waals surface area contributed by atoms with Crippen LogP contribution in [0.25, 0.3) is 10.8 Å². The molecule has 0 heterocycles. The normalized spacial score (nSPS) is 11.4. The van der Waals surface area contributed by atoms with Gasteiger partial charge in [-0.2, -0.15) is 0 Å². The molecule has 2 amide bonds. The largest absolute Gasteiger partial charge is 0.369 e. The van der Waals surface area contributed by atoms with E-state index >= 15 is 0 Å². The molecule has 0 unspecified atom stereocenters. The molecule has 2 aromatic rings.